The highest BCUT2D eigenvalue weighted by Gasteiger charge is 2.21. The van der Waals surface area contributed by atoms with Crippen LogP contribution in [-0.2, 0) is 12.8 Å². The number of hydrogen-bond donors (Lipinski definition) is 1. The van der Waals surface area contributed by atoms with Crippen molar-refractivity contribution in [3.63, 3.8) is 0 Å². The fourth-order valence-electron chi connectivity index (χ4n) is 3.03. The topological polar surface area (TPSA) is 51.3 Å². The lowest BCUT2D eigenvalue weighted by Gasteiger charge is -2.14. The number of fused-ring (bicyclic) bond motifs is 2. The molecule has 1 aliphatic rings. The Labute approximate surface area is 128 Å². The van der Waals surface area contributed by atoms with Crippen LogP contribution in [0.2, 0.25) is 5.02 Å². The van der Waals surface area contributed by atoms with E-state index in [4.69, 9.17) is 21.1 Å². The zero-order valence-electron chi connectivity index (χ0n) is 12.2. The van der Waals surface area contributed by atoms with Gasteiger partial charge in [-0.05, 0) is 25.7 Å². The van der Waals surface area contributed by atoms with Crippen LogP contribution in [0.4, 0.5) is 0 Å². The second kappa shape index (κ2) is 5.60. The number of ether oxygens (including phenoxy) is 2. The van der Waals surface area contributed by atoms with E-state index >= 15 is 0 Å². The molecule has 0 aliphatic heterocycles. The molecule has 21 heavy (non-hydrogen) atoms. The number of aryl methyl sites for hydroxylation is 1. The van der Waals surface area contributed by atoms with E-state index in [0.717, 1.165) is 43.4 Å². The summed E-state index contributed by atoms with van der Waals surface area (Å²) < 4.78 is 10.6. The van der Waals surface area contributed by atoms with E-state index in [1.165, 1.54) is 7.11 Å². The summed E-state index contributed by atoms with van der Waals surface area (Å²) in [5.74, 6) is 1.04. The predicted octanol–water partition coefficient (Wildman–Crippen LogP) is 3.47. The molecule has 0 unspecified atom stereocenters. The Morgan fingerprint density at radius 3 is 2.52 bits per heavy atom. The SMILES string of the molecule is COc1cc(OC)c2[nH]c3c(c(=O)c2c1Cl)CCCCC3. The standard InChI is InChI=1S/C16H18ClNO3/c1-20-11-8-12(21-2)15-13(14(11)17)16(19)9-6-4-3-5-7-10(9)18-15/h8H,3-7H2,1-2H3,(H,18,19). The third kappa shape index (κ3) is 2.27. The molecule has 4 nitrogen and oxygen atoms in total. The molecule has 1 aromatic heterocycles. The first-order valence-corrected chi connectivity index (χ1v) is 7.53. The molecule has 0 spiro atoms. The van der Waals surface area contributed by atoms with Crippen LogP contribution < -0.4 is 14.9 Å². The van der Waals surface area contributed by atoms with Crippen molar-refractivity contribution in [2.24, 2.45) is 0 Å². The lowest BCUT2D eigenvalue weighted by atomic mass is 10.0. The van der Waals surface area contributed by atoms with Crippen molar-refractivity contribution in [2.45, 2.75) is 32.1 Å². The Balaban J connectivity index is 2.42. The minimum atomic E-state index is 0.00264. The highest BCUT2D eigenvalue weighted by Crippen LogP contribution is 2.37. The number of halogens is 1. The Morgan fingerprint density at radius 2 is 1.81 bits per heavy atom. The summed E-state index contributed by atoms with van der Waals surface area (Å²) in [6, 6.07) is 1.71. The van der Waals surface area contributed by atoms with Crippen LogP contribution in [0, 0.1) is 0 Å². The second-order valence-electron chi connectivity index (χ2n) is 5.32. The highest BCUT2D eigenvalue weighted by atomic mass is 35.5. The number of nitrogens with one attached hydrogen (secondary N) is 1. The molecule has 2 aromatic rings. The van der Waals surface area contributed by atoms with Crippen molar-refractivity contribution in [3.8, 4) is 11.5 Å². The number of aromatic nitrogens is 1. The molecule has 0 fully saturated rings. The van der Waals surface area contributed by atoms with Crippen LogP contribution in [0.25, 0.3) is 10.9 Å². The lowest BCUT2D eigenvalue weighted by molar-refractivity contribution is 0.397. The van der Waals surface area contributed by atoms with Crippen molar-refractivity contribution >= 4 is 22.5 Å². The molecule has 1 aliphatic carbocycles. The predicted molar refractivity (Wildman–Crippen MR) is 83.9 cm³/mol. The smallest absolute Gasteiger partial charge is 0.194 e. The Bertz CT molecular complexity index is 751. The largest absolute Gasteiger partial charge is 0.495 e. The van der Waals surface area contributed by atoms with E-state index < -0.39 is 0 Å². The Kier molecular flexibility index (Phi) is 3.81. The highest BCUT2D eigenvalue weighted by molar-refractivity contribution is 6.37. The first-order chi connectivity index (χ1) is 10.2. The molecule has 0 amide bonds. The molecule has 1 aromatic carbocycles. The second-order valence-corrected chi connectivity index (χ2v) is 5.69. The first-order valence-electron chi connectivity index (χ1n) is 7.15. The van der Waals surface area contributed by atoms with Gasteiger partial charge in [-0.2, -0.15) is 0 Å². The average Bonchev–Trinajstić information content (AvgIpc) is 2.73. The van der Waals surface area contributed by atoms with Gasteiger partial charge in [0, 0.05) is 17.3 Å². The minimum Gasteiger partial charge on any atom is -0.495 e. The van der Waals surface area contributed by atoms with Crippen LogP contribution in [-0.4, -0.2) is 19.2 Å². The minimum absolute atomic E-state index is 0.00264. The lowest BCUT2D eigenvalue weighted by Crippen LogP contribution is -2.15. The number of H-pyrrole nitrogens is 1. The van der Waals surface area contributed by atoms with Crippen LogP contribution >= 0.6 is 11.6 Å². The van der Waals surface area contributed by atoms with Crippen LogP contribution in [0.3, 0.4) is 0 Å². The van der Waals surface area contributed by atoms with Crippen molar-refractivity contribution in [2.75, 3.05) is 14.2 Å². The van der Waals surface area contributed by atoms with Crippen molar-refractivity contribution in [1.82, 2.24) is 4.98 Å². The Morgan fingerprint density at radius 1 is 1.10 bits per heavy atom. The molecule has 0 bridgehead atoms. The van der Waals surface area contributed by atoms with Gasteiger partial charge in [0.05, 0.1) is 30.1 Å². The zero-order chi connectivity index (χ0) is 15.0. The maximum absolute atomic E-state index is 12.9. The third-order valence-electron chi connectivity index (χ3n) is 4.13. The van der Waals surface area contributed by atoms with Gasteiger partial charge in [0.15, 0.2) is 5.43 Å². The van der Waals surface area contributed by atoms with Gasteiger partial charge >= 0.3 is 0 Å². The summed E-state index contributed by atoms with van der Waals surface area (Å²) in [7, 11) is 3.11. The van der Waals surface area contributed by atoms with Gasteiger partial charge in [0.1, 0.15) is 11.5 Å². The number of benzene rings is 1. The van der Waals surface area contributed by atoms with Crippen LogP contribution in [0.15, 0.2) is 10.9 Å². The fourth-order valence-corrected chi connectivity index (χ4v) is 3.34. The summed E-state index contributed by atoms with van der Waals surface area (Å²) in [5, 5.41) is 0.815. The molecule has 1 heterocycles. The number of pyridine rings is 1. The van der Waals surface area contributed by atoms with E-state index in [-0.39, 0.29) is 5.43 Å². The monoisotopic (exact) mass is 307 g/mol. The van der Waals surface area contributed by atoms with E-state index in [9.17, 15) is 4.79 Å². The summed E-state index contributed by atoms with van der Waals surface area (Å²) in [5.41, 5.74) is 2.54. The number of aromatic amines is 1. The van der Waals surface area contributed by atoms with Gasteiger partial charge in [0.2, 0.25) is 0 Å². The van der Waals surface area contributed by atoms with Crippen LogP contribution in [0.5, 0.6) is 11.5 Å². The van der Waals surface area contributed by atoms with Gasteiger partial charge in [-0.3, -0.25) is 4.79 Å². The van der Waals surface area contributed by atoms with Gasteiger partial charge in [-0.15, -0.1) is 0 Å². The molecule has 0 radical (unpaired) electrons. The first kappa shape index (κ1) is 14.3. The quantitative estimate of drug-likeness (QED) is 0.864. The summed E-state index contributed by atoms with van der Waals surface area (Å²) >= 11 is 6.36. The average molecular weight is 308 g/mol. The molecule has 0 saturated carbocycles. The number of hydrogen-bond acceptors (Lipinski definition) is 3. The summed E-state index contributed by atoms with van der Waals surface area (Å²) in [6.07, 6.45) is 4.98. The maximum Gasteiger partial charge on any atom is 0.194 e. The molecule has 0 atom stereocenters. The molecular formula is C16H18ClNO3. The van der Waals surface area contributed by atoms with Crippen molar-refractivity contribution < 1.29 is 9.47 Å². The summed E-state index contributed by atoms with van der Waals surface area (Å²) in [6.45, 7) is 0. The molecule has 0 saturated heterocycles. The third-order valence-corrected chi connectivity index (χ3v) is 4.50. The van der Waals surface area contributed by atoms with Gasteiger partial charge in [-0.25, -0.2) is 0 Å². The van der Waals surface area contributed by atoms with E-state index in [1.807, 2.05) is 0 Å². The van der Waals surface area contributed by atoms with Gasteiger partial charge in [0.25, 0.3) is 0 Å². The Hall–Kier alpha value is -1.68. The van der Waals surface area contributed by atoms with Gasteiger partial charge in [-0.1, -0.05) is 18.0 Å². The maximum atomic E-state index is 12.9. The molecule has 3 rings (SSSR count). The molecular weight excluding hydrogens is 290 g/mol. The molecule has 5 heteroatoms. The molecule has 112 valence electrons. The van der Waals surface area contributed by atoms with Crippen LogP contribution in [0.1, 0.15) is 30.5 Å². The number of methoxy groups -OCH3 is 2. The van der Waals surface area contributed by atoms with Crippen molar-refractivity contribution in [3.05, 3.63) is 32.6 Å². The number of rotatable bonds is 2. The normalized spacial score (nSPS) is 14.6. The zero-order valence-corrected chi connectivity index (χ0v) is 13.0. The fraction of sp³-hybridized carbons (Fsp3) is 0.438. The van der Waals surface area contributed by atoms with Crippen molar-refractivity contribution in [1.29, 1.82) is 0 Å². The molecule has 1 N–H and O–H groups in total. The van der Waals surface area contributed by atoms with E-state index in [2.05, 4.69) is 4.98 Å². The van der Waals surface area contributed by atoms with E-state index in [0.29, 0.717) is 27.4 Å². The van der Waals surface area contributed by atoms with E-state index in [1.54, 1.807) is 13.2 Å². The summed E-state index contributed by atoms with van der Waals surface area (Å²) in [4.78, 5) is 16.2. The van der Waals surface area contributed by atoms with Gasteiger partial charge < -0.3 is 14.5 Å².